The summed E-state index contributed by atoms with van der Waals surface area (Å²) < 4.78 is 9.17. The van der Waals surface area contributed by atoms with Gasteiger partial charge in [0.25, 0.3) is 0 Å². The van der Waals surface area contributed by atoms with Crippen molar-refractivity contribution < 1.29 is 8.98 Å². The first kappa shape index (κ1) is 23.5. The van der Waals surface area contributed by atoms with E-state index < -0.39 is 0 Å². The van der Waals surface area contributed by atoms with Crippen molar-refractivity contribution in [2.45, 2.75) is 59.3 Å². The highest BCUT2D eigenvalue weighted by molar-refractivity contribution is 6.15. The van der Waals surface area contributed by atoms with Crippen LogP contribution in [0.2, 0.25) is 0 Å². The minimum Gasteiger partial charge on any atom is -0.456 e. The Kier molecular flexibility index (Phi) is 5.64. The van der Waals surface area contributed by atoms with Crippen molar-refractivity contribution >= 4 is 27.6 Å². The smallest absolute Gasteiger partial charge is 0.216 e. The van der Waals surface area contributed by atoms with E-state index >= 15 is 0 Å². The molecule has 1 saturated carbocycles. The van der Waals surface area contributed by atoms with E-state index in [1.165, 1.54) is 53.8 Å². The van der Waals surface area contributed by atoms with Crippen molar-refractivity contribution in [3.63, 3.8) is 0 Å². The normalized spacial score (nSPS) is 14.1. The lowest BCUT2D eigenvalue weighted by molar-refractivity contribution is -0.667. The zero-order chi connectivity index (χ0) is 25.8. The van der Waals surface area contributed by atoms with Gasteiger partial charge in [0, 0.05) is 34.9 Å². The molecule has 0 radical (unpaired) electrons. The lowest BCUT2D eigenvalue weighted by Crippen LogP contribution is -2.36. The fourth-order valence-electron chi connectivity index (χ4n) is 6.43. The van der Waals surface area contributed by atoms with E-state index in [9.17, 15) is 0 Å². The molecule has 1 aliphatic carbocycles. The molecular formula is C34H33N2O+. The van der Waals surface area contributed by atoms with Crippen LogP contribution in [0.15, 0.2) is 59.0 Å². The van der Waals surface area contributed by atoms with Crippen LogP contribution in [0.5, 0.6) is 0 Å². The molecule has 2 aromatic heterocycles. The third-order valence-corrected chi connectivity index (χ3v) is 8.66. The van der Waals surface area contributed by atoms with Crippen molar-refractivity contribution in [1.82, 2.24) is 0 Å². The van der Waals surface area contributed by atoms with E-state index in [2.05, 4.69) is 73.6 Å². The van der Waals surface area contributed by atoms with Crippen molar-refractivity contribution in [2.75, 3.05) is 0 Å². The highest BCUT2D eigenvalue weighted by Crippen LogP contribution is 2.46. The SMILES string of the molecule is [C-]#[N+]c1c(C)cc2c(oc3c(-c4cc(C5CCCC5)c(C)c(C)[n+]4C)c(C)ccc32)c1-c1ccccc1. The van der Waals surface area contributed by atoms with Gasteiger partial charge in [0.05, 0.1) is 12.1 Å². The molecule has 0 N–H and O–H groups in total. The molecule has 0 spiro atoms. The molecule has 184 valence electrons. The number of benzene rings is 3. The van der Waals surface area contributed by atoms with Crippen molar-refractivity contribution in [3.8, 4) is 22.4 Å². The van der Waals surface area contributed by atoms with Gasteiger partial charge >= 0.3 is 0 Å². The summed E-state index contributed by atoms with van der Waals surface area (Å²) in [4.78, 5) is 3.94. The molecule has 0 saturated heterocycles. The van der Waals surface area contributed by atoms with Crippen molar-refractivity contribution in [3.05, 3.63) is 94.0 Å². The van der Waals surface area contributed by atoms with Crippen LogP contribution in [0, 0.1) is 34.3 Å². The van der Waals surface area contributed by atoms with Gasteiger partial charge in [-0.25, -0.2) is 4.85 Å². The van der Waals surface area contributed by atoms with Crippen LogP contribution in [0.3, 0.4) is 0 Å². The molecule has 6 rings (SSSR count). The number of aryl methyl sites for hydroxylation is 2. The Hall–Kier alpha value is -3.90. The number of nitrogens with zero attached hydrogens (tertiary/aromatic N) is 2. The Morgan fingerprint density at radius 1 is 0.838 bits per heavy atom. The fourth-order valence-corrected chi connectivity index (χ4v) is 6.43. The predicted octanol–water partition coefficient (Wildman–Crippen LogP) is 9.19. The van der Waals surface area contributed by atoms with Crippen molar-refractivity contribution in [2.24, 2.45) is 7.05 Å². The van der Waals surface area contributed by atoms with Crippen LogP contribution in [0.1, 0.15) is 59.5 Å². The number of rotatable bonds is 3. The van der Waals surface area contributed by atoms with Gasteiger partial charge in [-0.15, -0.1) is 0 Å². The molecule has 0 aliphatic heterocycles. The maximum Gasteiger partial charge on any atom is 0.216 e. The average Bonchev–Trinajstić information content (AvgIpc) is 3.56. The number of hydrogen-bond donors (Lipinski definition) is 0. The van der Waals surface area contributed by atoms with Gasteiger partial charge in [0.2, 0.25) is 11.4 Å². The molecule has 3 heteroatoms. The summed E-state index contributed by atoms with van der Waals surface area (Å²) in [6, 6.07) is 19.2. The molecule has 2 heterocycles. The molecule has 0 bridgehead atoms. The minimum absolute atomic E-state index is 0.641. The average molecular weight is 486 g/mol. The summed E-state index contributed by atoms with van der Waals surface area (Å²) in [5.41, 5.74) is 13.0. The van der Waals surface area contributed by atoms with Gasteiger partial charge in [0.15, 0.2) is 5.69 Å². The summed E-state index contributed by atoms with van der Waals surface area (Å²) in [6.07, 6.45) is 5.20. The third kappa shape index (κ3) is 3.58. The second-order valence-electron chi connectivity index (χ2n) is 10.7. The van der Waals surface area contributed by atoms with E-state index in [0.717, 1.165) is 44.2 Å². The molecule has 1 fully saturated rings. The Bertz CT molecular complexity index is 1730. The summed E-state index contributed by atoms with van der Waals surface area (Å²) >= 11 is 0. The first-order valence-corrected chi connectivity index (χ1v) is 13.3. The zero-order valence-electron chi connectivity index (χ0n) is 22.4. The highest BCUT2D eigenvalue weighted by atomic mass is 16.3. The van der Waals surface area contributed by atoms with Crippen LogP contribution in [0.4, 0.5) is 5.69 Å². The second kappa shape index (κ2) is 8.89. The van der Waals surface area contributed by atoms with Gasteiger partial charge in [-0.2, -0.15) is 4.57 Å². The highest BCUT2D eigenvalue weighted by Gasteiger charge is 2.29. The summed E-state index contributed by atoms with van der Waals surface area (Å²) in [5, 5.41) is 2.18. The van der Waals surface area contributed by atoms with Gasteiger partial charge in [-0.05, 0) is 61.8 Å². The van der Waals surface area contributed by atoms with Gasteiger partial charge in [-0.1, -0.05) is 61.4 Å². The molecule has 3 nitrogen and oxygen atoms in total. The Morgan fingerprint density at radius 2 is 1.54 bits per heavy atom. The maximum atomic E-state index is 7.95. The lowest BCUT2D eigenvalue weighted by Gasteiger charge is -2.16. The first-order valence-electron chi connectivity index (χ1n) is 13.3. The number of furan rings is 1. The maximum absolute atomic E-state index is 7.95. The second-order valence-corrected chi connectivity index (χ2v) is 10.7. The Morgan fingerprint density at radius 3 is 2.24 bits per heavy atom. The molecule has 0 atom stereocenters. The topological polar surface area (TPSA) is 21.4 Å². The van der Waals surface area contributed by atoms with Crippen LogP contribution in [-0.2, 0) is 7.05 Å². The summed E-state index contributed by atoms with van der Waals surface area (Å²) in [7, 11) is 2.17. The first-order chi connectivity index (χ1) is 17.9. The fraction of sp³-hybridized carbons (Fsp3) is 0.294. The van der Waals surface area contributed by atoms with Gasteiger partial charge in [0.1, 0.15) is 18.2 Å². The predicted molar refractivity (Wildman–Crippen MR) is 152 cm³/mol. The molecule has 3 aromatic carbocycles. The zero-order valence-corrected chi connectivity index (χ0v) is 22.4. The van der Waals surface area contributed by atoms with E-state index in [-0.39, 0.29) is 0 Å². The Balaban J connectivity index is 1.71. The monoisotopic (exact) mass is 485 g/mol. The van der Waals surface area contributed by atoms with Crippen molar-refractivity contribution in [1.29, 1.82) is 0 Å². The molecular weight excluding hydrogens is 452 g/mol. The Labute approximate surface area is 219 Å². The number of hydrogen-bond acceptors (Lipinski definition) is 1. The van der Waals surface area contributed by atoms with E-state index in [1.54, 1.807) is 0 Å². The molecule has 37 heavy (non-hydrogen) atoms. The largest absolute Gasteiger partial charge is 0.456 e. The molecule has 1 aliphatic rings. The van der Waals surface area contributed by atoms with Crippen LogP contribution < -0.4 is 4.57 Å². The van der Waals surface area contributed by atoms with E-state index in [4.69, 9.17) is 11.0 Å². The molecule has 0 unspecified atom stereocenters. The van der Waals surface area contributed by atoms with Crippen LogP contribution in [-0.4, -0.2) is 0 Å². The minimum atomic E-state index is 0.641. The van der Waals surface area contributed by atoms with E-state index in [1.807, 2.05) is 25.1 Å². The lowest BCUT2D eigenvalue weighted by atomic mass is 9.90. The number of pyridine rings is 1. The standard InChI is InChI=1S/C34H33N2O/c1-20-16-17-26-28-18-21(2)32(35-5)31(25-14-8-7-9-15-25)34(28)37-33(26)30(20)29-19-27(24-12-10-11-13-24)22(3)23(4)36(29)6/h7-9,14-19,24H,10-13H2,1-4,6H3/q+1. The number of fused-ring (bicyclic) bond motifs is 3. The number of aromatic nitrogens is 1. The molecule has 5 aromatic rings. The van der Waals surface area contributed by atoms with Crippen LogP contribution in [0.25, 0.3) is 49.2 Å². The third-order valence-electron chi connectivity index (χ3n) is 8.66. The van der Waals surface area contributed by atoms with E-state index in [0.29, 0.717) is 11.6 Å². The summed E-state index contributed by atoms with van der Waals surface area (Å²) in [5.74, 6) is 0.641. The van der Waals surface area contributed by atoms with Gasteiger partial charge in [-0.3, -0.25) is 0 Å². The molecule has 0 amide bonds. The summed E-state index contributed by atoms with van der Waals surface area (Å²) in [6.45, 7) is 16.7. The van der Waals surface area contributed by atoms with Gasteiger partial charge < -0.3 is 4.42 Å². The quantitative estimate of drug-likeness (QED) is 0.184. The van der Waals surface area contributed by atoms with Crippen LogP contribution >= 0.6 is 0 Å².